The van der Waals surface area contributed by atoms with E-state index in [1.165, 1.54) is 6.07 Å². The molecule has 0 aliphatic heterocycles. The average Bonchev–Trinajstić information content (AvgIpc) is 2.35. The molecule has 0 spiro atoms. The van der Waals surface area contributed by atoms with Crippen LogP contribution in [0.1, 0.15) is 44.9 Å². The molecule has 1 aromatic carbocycles. The van der Waals surface area contributed by atoms with Crippen LogP contribution in [-0.4, -0.2) is 11.9 Å². The van der Waals surface area contributed by atoms with E-state index in [0.717, 1.165) is 12.1 Å². The first-order valence-corrected chi connectivity index (χ1v) is 6.66. The third-order valence-electron chi connectivity index (χ3n) is 3.29. The first-order valence-electron chi connectivity index (χ1n) is 6.66. The van der Waals surface area contributed by atoms with Crippen LogP contribution in [-0.2, 0) is 11.0 Å². The maximum absolute atomic E-state index is 12.7. The number of halogens is 3. The number of alkyl halides is 3. The van der Waals surface area contributed by atoms with Crippen LogP contribution in [0, 0.1) is 5.41 Å². The van der Waals surface area contributed by atoms with Gasteiger partial charge in [-0.2, -0.15) is 13.2 Å². The standard InChI is InChI=1S/C15H21F3N2O/c1-9(20-13(21)12(19)14(2,3)4)10-6-5-7-11(8-10)15(16,17)18/h5-9,12H,19H2,1-4H3,(H,20,21). The molecule has 3 nitrogen and oxygen atoms in total. The molecular formula is C15H21F3N2O. The lowest BCUT2D eigenvalue weighted by Crippen LogP contribution is -2.49. The van der Waals surface area contributed by atoms with Crippen LogP contribution in [0.25, 0.3) is 0 Å². The number of nitrogens with one attached hydrogen (secondary N) is 1. The quantitative estimate of drug-likeness (QED) is 0.900. The first-order chi connectivity index (χ1) is 9.43. The summed E-state index contributed by atoms with van der Waals surface area (Å²) in [6.07, 6.45) is -4.40. The fourth-order valence-electron chi connectivity index (χ4n) is 1.76. The van der Waals surface area contributed by atoms with Crippen LogP contribution in [0.15, 0.2) is 24.3 Å². The fourth-order valence-corrected chi connectivity index (χ4v) is 1.76. The topological polar surface area (TPSA) is 55.1 Å². The zero-order valence-corrected chi connectivity index (χ0v) is 12.6. The number of hydrogen-bond donors (Lipinski definition) is 2. The van der Waals surface area contributed by atoms with E-state index >= 15 is 0 Å². The van der Waals surface area contributed by atoms with Gasteiger partial charge in [-0.15, -0.1) is 0 Å². The van der Waals surface area contributed by atoms with E-state index in [0.29, 0.717) is 5.56 Å². The fraction of sp³-hybridized carbons (Fsp3) is 0.533. The zero-order valence-electron chi connectivity index (χ0n) is 12.6. The van der Waals surface area contributed by atoms with Crippen LogP contribution in [0.4, 0.5) is 13.2 Å². The summed E-state index contributed by atoms with van der Waals surface area (Å²) >= 11 is 0. The van der Waals surface area contributed by atoms with Crippen molar-refractivity contribution >= 4 is 5.91 Å². The highest BCUT2D eigenvalue weighted by molar-refractivity contribution is 5.82. The van der Waals surface area contributed by atoms with Gasteiger partial charge in [0.1, 0.15) is 0 Å². The summed E-state index contributed by atoms with van der Waals surface area (Å²) < 4.78 is 38.0. The van der Waals surface area contributed by atoms with Crippen molar-refractivity contribution in [3.05, 3.63) is 35.4 Å². The van der Waals surface area contributed by atoms with Crippen molar-refractivity contribution in [1.29, 1.82) is 0 Å². The molecule has 3 N–H and O–H groups in total. The van der Waals surface area contributed by atoms with Gasteiger partial charge in [0.05, 0.1) is 17.6 Å². The largest absolute Gasteiger partial charge is 0.416 e. The maximum Gasteiger partial charge on any atom is 0.416 e. The molecule has 6 heteroatoms. The van der Waals surface area contributed by atoms with E-state index in [-0.39, 0.29) is 5.91 Å². The number of benzene rings is 1. The molecule has 0 saturated carbocycles. The molecule has 0 bridgehead atoms. The number of amides is 1. The molecule has 0 aliphatic carbocycles. The summed E-state index contributed by atoms with van der Waals surface area (Å²) in [5.41, 5.74) is 5.06. The van der Waals surface area contributed by atoms with Gasteiger partial charge < -0.3 is 11.1 Å². The molecule has 0 heterocycles. The van der Waals surface area contributed by atoms with Gasteiger partial charge in [-0.3, -0.25) is 4.79 Å². The van der Waals surface area contributed by atoms with Gasteiger partial charge in [0.15, 0.2) is 0 Å². The predicted octanol–water partition coefficient (Wildman–Crippen LogP) is 3.26. The number of carbonyl (C=O) groups excluding carboxylic acids is 1. The number of rotatable bonds is 3. The van der Waals surface area contributed by atoms with Gasteiger partial charge in [0.2, 0.25) is 5.91 Å². The Morgan fingerprint density at radius 1 is 1.24 bits per heavy atom. The number of carbonyl (C=O) groups is 1. The summed E-state index contributed by atoms with van der Waals surface area (Å²) in [5, 5.41) is 2.65. The van der Waals surface area contributed by atoms with Gasteiger partial charge in [-0.25, -0.2) is 0 Å². The normalized spacial score (nSPS) is 15.4. The van der Waals surface area contributed by atoms with Crippen LogP contribution < -0.4 is 11.1 Å². The Labute approximate surface area is 122 Å². The molecule has 2 atom stereocenters. The molecular weight excluding hydrogens is 281 g/mol. The molecule has 2 unspecified atom stereocenters. The van der Waals surface area contributed by atoms with E-state index < -0.39 is 29.2 Å². The van der Waals surface area contributed by atoms with Gasteiger partial charge in [0, 0.05) is 0 Å². The van der Waals surface area contributed by atoms with Gasteiger partial charge in [-0.1, -0.05) is 32.9 Å². The molecule has 1 amide bonds. The molecule has 0 radical (unpaired) electrons. The minimum absolute atomic E-state index is 0.382. The van der Waals surface area contributed by atoms with Crippen molar-refractivity contribution in [3.8, 4) is 0 Å². The highest BCUT2D eigenvalue weighted by atomic mass is 19.4. The van der Waals surface area contributed by atoms with Crippen LogP contribution in [0.5, 0.6) is 0 Å². The highest BCUT2D eigenvalue weighted by Gasteiger charge is 2.31. The SMILES string of the molecule is CC(NC(=O)C(N)C(C)(C)C)c1cccc(C(F)(F)F)c1. The number of hydrogen-bond acceptors (Lipinski definition) is 2. The monoisotopic (exact) mass is 302 g/mol. The summed E-state index contributed by atoms with van der Waals surface area (Å²) in [5.74, 6) is -0.382. The van der Waals surface area contributed by atoms with E-state index in [9.17, 15) is 18.0 Å². The summed E-state index contributed by atoms with van der Waals surface area (Å²) in [6, 6.07) is 3.62. The van der Waals surface area contributed by atoms with E-state index in [1.807, 2.05) is 20.8 Å². The van der Waals surface area contributed by atoms with Gasteiger partial charge in [0.25, 0.3) is 0 Å². The molecule has 118 valence electrons. The molecule has 21 heavy (non-hydrogen) atoms. The molecule has 0 aromatic heterocycles. The molecule has 0 saturated heterocycles. The summed E-state index contributed by atoms with van der Waals surface area (Å²) in [7, 11) is 0. The van der Waals surface area contributed by atoms with Crippen LogP contribution >= 0.6 is 0 Å². The molecule has 1 rings (SSSR count). The van der Waals surface area contributed by atoms with Gasteiger partial charge >= 0.3 is 6.18 Å². The van der Waals surface area contributed by atoms with Crippen LogP contribution in [0.3, 0.4) is 0 Å². The van der Waals surface area contributed by atoms with E-state index in [2.05, 4.69) is 5.32 Å². The zero-order chi connectivity index (χ0) is 16.4. The molecule has 0 aliphatic rings. The Kier molecular flexibility index (Phi) is 5.04. The second-order valence-electron chi connectivity index (χ2n) is 6.20. The van der Waals surface area contributed by atoms with Crippen LogP contribution in [0.2, 0.25) is 0 Å². The minimum Gasteiger partial charge on any atom is -0.348 e. The van der Waals surface area contributed by atoms with Crippen molar-refractivity contribution in [2.45, 2.75) is 46.0 Å². The second kappa shape index (κ2) is 6.05. The Morgan fingerprint density at radius 3 is 2.29 bits per heavy atom. The molecule has 0 fully saturated rings. The Hall–Kier alpha value is -1.56. The average molecular weight is 302 g/mol. The van der Waals surface area contributed by atoms with Crippen molar-refractivity contribution in [2.24, 2.45) is 11.1 Å². The Morgan fingerprint density at radius 2 is 1.81 bits per heavy atom. The minimum atomic E-state index is -4.40. The Bertz CT molecular complexity index is 506. The lowest BCUT2D eigenvalue weighted by atomic mass is 9.86. The van der Waals surface area contributed by atoms with E-state index in [4.69, 9.17) is 5.73 Å². The van der Waals surface area contributed by atoms with E-state index in [1.54, 1.807) is 13.0 Å². The van der Waals surface area contributed by atoms with Gasteiger partial charge in [-0.05, 0) is 30.0 Å². The smallest absolute Gasteiger partial charge is 0.348 e. The Balaban J connectivity index is 2.86. The first kappa shape index (κ1) is 17.5. The van der Waals surface area contributed by atoms with Crippen molar-refractivity contribution in [2.75, 3.05) is 0 Å². The lowest BCUT2D eigenvalue weighted by molar-refractivity contribution is -0.137. The second-order valence-corrected chi connectivity index (χ2v) is 6.20. The highest BCUT2D eigenvalue weighted by Crippen LogP contribution is 2.30. The van der Waals surface area contributed by atoms with Crippen molar-refractivity contribution < 1.29 is 18.0 Å². The third-order valence-corrected chi connectivity index (χ3v) is 3.29. The van der Waals surface area contributed by atoms with Crippen molar-refractivity contribution in [1.82, 2.24) is 5.32 Å². The number of nitrogens with two attached hydrogens (primary N) is 1. The predicted molar refractivity (Wildman–Crippen MR) is 75.4 cm³/mol. The summed E-state index contributed by atoms with van der Waals surface area (Å²) in [4.78, 5) is 12.0. The van der Waals surface area contributed by atoms with Crippen molar-refractivity contribution in [3.63, 3.8) is 0 Å². The lowest BCUT2D eigenvalue weighted by Gasteiger charge is -2.27. The third kappa shape index (κ3) is 4.74. The molecule has 1 aromatic rings. The summed E-state index contributed by atoms with van der Waals surface area (Å²) in [6.45, 7) is 7.10. The maximum atomic E-state index is 12.7.